The van der Waals surface area contributed by atoms with Gasteiger partial charge in [0.2, 0.25) is 0 Å². The van der Waals surface area contributed by atoms with E-state index >= 15 is 0 Å². The molecule has 3 aromatic rings. The number of halogens is 3. The van der Waals surface area contributed by atoms with Crippen LogP contribution in [0.5, 0.6) is 11.5 Å². The summed E-state index contributed by atoms with van der Waals surface area (Å²) in [5.41, 5.74) is 0.216. The van der Waals surface area contributed by atoms with E-state index in [4.69, 9.17) is 9.47 Å². The summed E-state index contributed by atoms with van der Waals surface area (Å²) in [6.45, 7) is 0.0827. The molecule has 0 spiro atoms. The maximum absolute atomic E-state index is 13.4. The summed E-state index contributed by atoms with van der Waals surface area (Å²) in [6, 6.07) is 8.40. The van der Waals surface area contributed by atoms with Crippen LogP contribution in [0.4, 0.5) is 13.2 Å². The van der Waals surface area contributed by atoms with Gasteiger partial charge in [0.1, 0.15) is 0 Å². The lowest BCUT2D eigenvalue weighted by molar-refractivity contribution is -0.137. The minimum Gasteiger partial charge on any atom is -0.493 e. The Balaban J connectivity index is 1.85. The summed E-state index contributed by atoms with van der Waals surface area (Å²) in [5, 5.41) is 9.83. The van der Waals surface area contributed by atoms with E-state index in [1.54, 1.807) is 22.8 Å². The molecule has 1 aliphatic rings. The van der Waals surface area contributed by atoms with Crippen molar-refractivity contribution in [2.45, 2.75) is 50.6 Å². The number of imidazole rings is 1. The maximum atomic E-state index is 13.4. The van der Waals surface area contributed by atoms with Crippen LogP contribution in [0.15, 0.2) is 41.2 Å². The van der Waals surface area contributed by atoms with Gasteiger partial charge < -0.3 is 14.6 Å². The summed E-state index contributed by atoms with van der Waals surface area (Å²) in [5.74, 6) is 0.991. The number of nitrogens with zero attached hydrogens (tertiary/aromatic N) is 2. The van der Waals surface area contributed by atoms with Gasteiger partial charge in [-0.15, -0.1) is 0 Å². The summed E-state index contributed by atoms with van der Waals surface area (Å²) >= 11 is 0. The van der Waals surface area contributed by atoms with Crippen molar-refractivity contribution in [3.8, 4) is 11.5 Å². The van der Waals surface area contributed by atoms with Crippen LogP contribution in [0.1, 0.15) is 42.9 Å². The van der Waals surface area contributed by atoms with E-state index in [-0.39, 0.29) is 23.8 Å². The van der Waals surface area contributed by atoms with E-state index in [0.717, 1.165) is 12.1 Å². The molecule has 6 nitrogen and oxygen atoms in total. The number of hydrogen-bond donors (Lipinski definition) is 1. The summed E-state index contributed by atoms with van der Waals surface area (Å²) in [6.07, 6.45) is -2.62. The third-order valence-electron chi connectivity index (χ3n) is 6.11. The highest BCUT2D eigenvalue weighted by Crippen LogP contribution is 2.35. The van der Waals surface area contributed by atoms with Crippen LogP contribution in [0.3, 0.4) is 0 Å². The van der Waals surface area contributed by atoms with Gasteiger partial charge in [0.25, 0.3) is 0 Å². The molecule has 1 aliphatic carbocycles. The van der Waals surface area contributed by atoms with Crippen molar-refractivity contribution in [2.75, 3.05) is 14.2 Å². The van der Waals surface area contributed by atoms with Crippen LogP contribution in [-0.4, -0.2) is 34.6 Å². The highest BCUT2D eigenvalue weighted by molar-refractivity contribution is 5.77. The van der Waals surface area contributed by atoms with Gasteiger partial charge in [-0.1, -0.05) is 6.07 Å². The largest absolute Gasteiger partial charge is 0.493 e. The Hall–Kier alpha value is -2.94. The Morgan fingerprint density at radius 1 is 0.969 bits per heavy atom. The number of hydrogen-bond acceptors (Lipinski definition) is 4. The zero-order valence-electron chi connectivity index (χ0n) is 17.9. The minimum absolute atomic E-state index is 0.0827. The first-order chi connectivity index (χ1) is 15.2. The second-order valence-electron chi connectivity index (χ2n) is 8.09. The number of fused-ring (bicyclic) bond motifs is 1. The third-order valence-corrected chi connectivity index (χ3v) is 6.11. The Bertz CT molecular complexity index is 1170. The molecule has 9 heteroatoms. The monoisotopic (exact) mass is 450 g/mol. The van der Waals surface area contributed by atoms with E-state index in [0.29, 0.717) is 48.3 Å². The van der Waals surface area contributed by atoms with Crippen LogP contribution in [0.25, 0.3) is 11.0 Å². The number of ether oxygens (including phenoxy) is 2. The number of aliphatic hydroxyl groups is 1. The molecule has 0 saturated heterocycles. The van der Waals surface area contributed by atoms with Gasteiger partial charge in [0.15, 0.2) is 11.5 Å². The number of rotatable bonds is 5. The molecule has 0 amide bonds. The number of alkyl halides is 3. The van der Waals surface area contributed by atoms with Gasteiger partial charge in [-0.05, 0) is 61.6 Å². The van der Waals surface area contributed by atoms with Gasteiger partial charge in [0, 0.05) is 6.04 Å². The lowest BCUT2D eigenvalue weighted by Crippen LogP contribution is -2.31. The van der Waals surface area contributed by atoms with Crippen LogP contribution in [0.2, 0.25) is 0 Å². The quantitative estimate of drug-likeness (QED) is 0.627. The Kier molecular flexibility index (Phi) is 5.94. The standard InChI is InChI=1S/C23H25F3N2O4/c1-31-20-10-3-14(11-21(20)32-2)13-27-19-12-15(23(24,25)26)4-9-18(19)28(22(27)30)16-5-7-17(29)8-6-16/h3-4,9-12,16-17,29H,5-8,13H2,1-2H3. The average molecular weight is 450 g/mol. The predicted octanol–water partition coefficient (Wildman–Crippen LogP) is 4.36. The van der Waals surface area contributed by atoms with Crippen LogP contribution in [-0.2, 0) is 12.7 Å². The molecular weight excluding hydrogens is 425 g/mol. The first-order valence-corrected chi connectivity index (χ1v) is 10.4. The summed E-state index contributed by atoms with van der Waals surface area (Å²) in [4.78, 5) is 13.4. The SMILES string of the molecule is COc1ccc(Cn2c(=O)n(C3CCC(O)CC3)c3ccc(C(F)(F)F)cc32)cc1OC. The zero-order chi connectivity index (χ0) is 23.0. The van der Waals surface area contributed by atoms with E-state index in [1.807, 2.05) is 0 Å². The highest BCUT2D eigenvalue weighted by Gasteiger charge is 2.32. The molecule has 2 aromatic carbocycles. The lowest BCUT2D eigenvalue weighted by atomic mass is 9.93. The molecule has 1 heterocycles. The van der Waals surface area contributed by atoms with E-state index in [1.165, 1.54) is 24.9 Å². The first-order valence-electron chi connectivity index (χ1n) is 10.4. The topological polar surface area (TPSA) is 65.6 Å². The normalized spacial score (nSPS) is 19.3. The fourth-order valence-electron chi connectivity index (χ4n) is 4.44. The summed E-state index contributed by atoms with van der Waals surface area (Å²) < 4.78 is 53.7. The van der Waals surface area contributed by atoms with Gasteiger partial charge >= 0.3 is 11.9 Å². The molecule has 0 atom stereocenters. The van der Waals surface area contributed by atoms with Crippen molar-refractivity contribution in [2.24, 2.45) is 0 Å². The van der Waals surface area contributed by atoms with Gasteiger partial charge in [-0.2, -0.15) is 13.2 Å². The molecule has 1 fully saturated rings. The molecule has 32 heavy (non-hydrogen) atoms. The highest BCUT2D eigenvalue weighted by atomic mass is 19.4. The lowest BCUT2D eigenvalue weighted by Gasteiger charge is -2.26. The zero-order valence-corrected chi connectivity index (χ0v) is 17.9. The molecule has 0 bridgehead atoms. The van der Waals surface area contributed by atoms with Gasteiger partial charge in [-0.25, -0.2) is 4.79 Å². The second-order valence-corrected chi connectivity index (χ2v) is 8.09. The molecule has 0 radical (unpaired) electrons. The Morgan fingerprint density at radius 3 is 2.28 bits per heavy atom. The number of aliphatic hydroxyl groups excluding tert-OH is 1. The van der Waals surface area contributed by atoms with Gasteiger partial charge in [-0.3, -0.25) is 9.13 Å². The van der Waals surface area contributed by atoms with E-state index in [9.17, 15) is 23.1 Å². The van der Waals surface area contributed by atoms with Crippen molar-refractivity contribution >= 4 is 11.0 Å². The van der Waals surface area contributed by atoms with Crippen LogP contribution >= 0.6 is 0 Å². The van der Waals surface area contributed by atoms with Crippen molar-refractivity contribution in [3.05, 3.63) is 58.0 Å². The molecular formula is C23H25F3N2O4. The molecule has 172 valence electrons. The molecule has 1 saturated carbocycles. The minimum atomic E-state index is -4.52. The molecule has 0 aliphatic heterocycles. The Morgan fingerprint density at radius 2 is 1.66 bits per heavy atom. The molecule has 1 aromatic heterocycles. The van der Waals surface area contributed by atoms with Crippen molar-refractivity contribution in [1.29, 1.82) is 0 Å². The fourth-order valence-corrected chi connectivity index (χ4v) is 4.44. The predicted molar refractivity (Wildman–Crippen MR) is 113 cm³/mol. The van der Waals surface area contributed by atoms with E-state index < -0.39 is 17.8 Å². The first kappa shape index (κ1) is 22.3. The third kappa shape index (κ3) is 4.09. The molecule has 4 rings (SSSR count). The van der Waals surface area contributed by atoms with Crippen molar-refractivity contribution in [1.82, 2.24) is 9.13 Å². The fraction of sp³-hybridized carbons (Fsp3) is 0.435. The smallest absolute Gasteiger partial charge is 0.416 e. The number of aromatic nitrogens is 2. The Labute approximate surface area is 182 Å². The van der Waals surface area contributed by atoms with Crippen molar-refractivity contribution in [3.63, 3.8) is 0 Å². The molecule has 1 N–H and O–H groups in total. The van der Waals surface area contributed by atoms with Crippen LogP contribution in [0, 0.1) is 0 Å². The average Bonchev–Trinajstić information content (AvgIpc) is 3.04. The van der Waals surface area contributed by atoms with Gasteiger partial charge in [0.05, 0.1) is 43.5 Å². The number of methoxy groups -OCH3 is 2. The number of benzene rings is 2. The van der Waals surface area contributed by atoms with Crippen LogP contribution < -0.4 is 15.2 Å². The van der Waals surface area contributed by atoms with Crippen molar-refractivity contribution < 1.29 is 27.8 Å². The molecule has 0 unspecified atom stereocenters. The second kappa shape index (κ2) is 8.54. The maximum Gasteiger partial charge on any atom is 0.416 e. The summed E-state index contributed by atoms with van der Waals surface area (Å²) in [7, 11) is 3.00. The van der Waals surface area contributed by atoms with E-state index in [2.05, 4.69) is 0 Å².